The molecule has 0 saturated carbocycles. The molecule has 0 aliphatic carbocycles. The molecular weight excluding hydrogens is 230 g/mol. The minimum absolute atomic E-state index is 0.951. The van der Waals surface area contributed by atoms with Crippen molar-refractivity contribution in [3.05, 3.63) is 25.3 Å². The third-order valence-corrected chi connectivity index (χ3v) is 3.20. The lowest BCUT2D eigenvalue weighted by molar-refractivity contribution is -0.878. The Morgan fingerprint density at radius 3 is 1.26 bits per heavy atom. The molecule has 0 N–H and O–H groups in total. The van der Waals surface area contributed by atoms with Gasteiger partial charge >= 0.3 is 0 Å². The molecule has 0 aliphatic heterocycles. The predicted octanol–water partition coefficient (Wildman–Crippen LogP) is 5.58. The Hall–Kier alpha value is -0.560. The maximum Gasteiger partial charge on any atom is 0.0969 e. The molecule has 0 fully saturated rings. The largest absolute Gasteiger partial charge is 0.322 e. The van der Waals surface area contributed by atoms with Crippen LogP contribution in [0.4, 0.5) is 0 Å². The number of rotatable bonds is 11. The van der Waals surface area contributed by atoms with Crippen molar-refractivity contribution in [2.75, 3.05) is 27.2 Å². The van der Waals surface area contributed by atoms with Gasteiger partial charge in [-0.05, 0) is 12.2 Å². The van der Waals surface area contributed by atoms with Crippen LogP contribution in [-0.4, -0.2) is 31.7 Å². The van der Waals surface area contributed by atoms with Crippen molar-refractivity contribution >= 4 is 0 Å². The van der Waals surface area contributed by atoms with Gasteiger partial charge in [0, 0.05) is 0 Å². The average Bonchev–Trinajstić information content (AvgIpc) is 2.34. The highest BCUT2D eigenvalue weighted by Gasteiger charge is 2.07. The van der Waals surface area contributed by atoms with Crippen LogP contribution in [0.2, 0.25) is 0 Å². The molecule has 0 aromatic heterocycles. The summed E-state index contributed by atoms with van der Waals surface area (Å²) in [6.07, 6.45) is 15.3. The van der Waals surface area contributed by atoms with E-state index in [1.165, 1.54) is 51.4 Å². The summed E-state index contributed by atoms with van der Waals surface area (Å²) in [6, 6.07) is 0. The van der Waals surface area contributed by atoms with Crippen LogP contribution in [0.5, 0.6) is 0 Å². The van der Waals surface area contributed by atoms with Crippen molar-refractivity contribution in [3.63, 3.8) is 0 Å². The van der Waals surface area contributed by atoms with Gasteiger partial charge in [-0.2, -0.15) is 0 Å². The molecule has 0 saturated heterocycles. The normalized spacial score (nSPS) is 10.5. The zero-order valence-corrected chi connectivity index (χ0v) is 14.1. The standard InChI is InChI=1S/C10H22.C8H16N/c1-3-5-7-9-10-8-6-4-2;1-5-7-9(3,4)8-6-2/h3-10H2,1-2H3;5-6H,1-2,7-8H2,3-4H3/q;+1. The fourth-order valence-electron chi connectivity index (χ4n) is 1.98. The summed E-state index contributed by atoms with van der Waals surface area (Å²) in [5.41, 5.74) is 0. The van der Waals surface area contributed by atoms with Crippen molar-refractivity contribution in [2.45, 2.75) is 65.2 Å². The Balaban J connectivity index is 0. The van der Waals surface area contributed by atoms with E-state index in [2.05, 4.69) is 41.1 Å². The molecule has 0 aliphatic rings. The fraction of sp³-hybridized carbons (Fsp3) is 0.778. The van der Waals surface area contributed by atoms with Crippen LogP contribution in [0.1, 0.15) is 65.2 Å². The van der Waals surface area contributed by atoms with Crippen LogP contribution < -0.4 is 0 Å². The van der Waals surface area contributed by atoms with E-state index in [0.29, 0.717) is 0 Å². The number of hydrogen-bond acceptors (Lipinski definition) is 0. The third kappa shape index (κ3) is 19.9. The number of likely N-dealkylation sites (N-methyl/N-ethyl adjacent to an activating group) is 1. The second-order valence-corrected chi connectivity index (χ2v) is 6.00. The Labute approximate surface area is 123 Å². The first-order valence-corrected chi connectivity index (χ1v) is 8.07. The number of hydrogen-bond donors (Lipinski definition) is 0. The van der Waals surface area contributed by atoms with Crippen LogP contribution in [0.15, 0.2) is 25.3 Å². The van der Waals surface area contributed by atoms with Crippen LogP contribution >= 0.6 is 0 Å². The van der Waals surface area contributed by atoms with Crippen molar-refractivity contribution in [3.8, 4) is 0 Å². The smallest absolute Gasteiger partial charge is 0.0969 e. The lowest BCUT2D eigenvalue weighted by atomic mass is 10.1. The van der Waals surface area contributed by atoms with Crippen molar-refractivity contribution in [1.29, 1.82) is 0 Å². The first kappa shape index (κ1) is 20.8. The van der Waals surface area contributed by atoms with E-state index >= 15 is 0 Å². The zero-order valence-electron chi connectivity index (χ0n) is 14.1. The molecule has 0 rings (SSSR count). The van der Waals surface area contributed by atoms with Gasteiger partial charge in [-0.25, -0.2) is 0 Å². The van der Waals surface area contributed by atoms with E-state index in [9.17, 15) is 0 Å². The quantitative estimate of drug-likeness (QED) is 0.261. The molecule has 0 radical (unpaired) electrons. The van der Waals surface area contributed by atoms with Gasteiger partial charge in [0.1, 0.15) is 0 Å². The number of nitrogens with zero attached hydrogens (tertiary/aromatic N) is 1. The van der Waals surface area contributed by atoms with Gasteiger partial charge in [0.25, 0.3) is 0 Å². The first-order valence-electron chi connectivity index (χ1n) is 8.07. The SMILES string of the molecule is C=CC[N+](C)(C)CC=C.CCCCCCCCCC. The van der Waals surface area contributed by atoms with Crippen LogP contribution in [-0.2, 0) is 0 Å². The fourth-order valence-corrected chi connectivity index (χ4v) is 1.98. The van der Waals surface area contributed by atoms with E-state index in [4.69, 9.17) is 0 Å². The topological polar surface area (TPSA) is 0 Å². The van der Waals surface area contributed by atoms with E-state index in [1.807, 2.05) is 12.2 Å². The summed E-state index contributed by atoms with van der Waals surface area (Å²) < 4.78 is 0.951. The minimum atomic E-state index is 0.951. The molecule has 1 nitrogen and oxygen atoms in total. The van der Waals surface area contributed by atoms with E-state index in [-0.39, 0.29) is 0 Å². The summed E-state index contributed by atoms with van der Waals surface area (Å²) in [5, 5.41) is 0. The summed E-state index contributed by atoms with van der Waals surface area (Å²) in [7, 11) is 4.31. The van der Waals surface area contributed by atoms with Crippen molar-refractivity contribution in [2.24, 2.45) is 0 Å². The molecule has 19 heavy (non-hydrogen) atoms. The van der Waals surface area contributed by atoms with Crippen LogP contribution in [0.3, 0.4) is 0 Å². The van der Waals surface area contributed by atoms with Crippen LogP contribution in [0, 0.1) is 0 Å². The van der Waals surface area contributed by atoms with Gasteiger partial charge in [-0.3, -0.25) is 0 Å². The second kappa shape index (κ2) is 15.5. The highest BCUT2D eigenvalue weighted by atomic mass is 15.3. The van der Waals surface area contributed by atoms with Gasteiger partial charge in [0.2, 0.25) is 0 Å². The van der Waals surface area contributed by atoms with Crippen LogP contribution in [0.25, 0.3) is 0 Å². The van der Waals surface area contributed by atoms with Gasteiger partial charge in [-0.15, -0.1) is 0 Å². The third-order valence-electron chi connectivity index (χ3n) is 3.20. The van der Waals surface area contributed by atoms with Gasteiger partial charge in [0.05, 0.1) is 27.2 Å². The van der Waals surface area contributed by atoms with E-state index in [1.54, 1.807) is 0 Å². The molecule has 114 valence electrons. The molecule has 0 heterocycles. The average molecular weight is 269 g/mol. The van der Waals surface area contributed by atoms with Gasteiger partial charge in [0.15, 0.2) is 0 Å². The molecule has 0 spiro atoms. The van der Waals surface area contributed by atoms with Crippen molar-refractivity contribution in [1.82, 2.24) is 0 Å². The van der Waals surface area contributed by atoms with Crippen molar-refractivity contribution < 1.29 is 4.48 Å². The molecular formula is C18H38N+. The van der Waals surface area contributed by atoms with Gasteiger partial charge < -0.3 is 4.48 Å². The van der Waals surface area contributed by atoms with Gasteiger partial charge in [-0.1, -0.05) is 78.4 Å². The molecule has 0 amide bonds. The highest BCUT2D eigenvalue weighted by Crippen LogP contribution is 2.07. The molecule has 0 aromatic carbocycles. The monoisotopic (exact) mass is 268 g/mol. The Kier molecular flexibility index (Phi) is 16.9. The zero-order chi connectivity index (χ0) is 15.0. The summed E-state index contributed by atoms with van der Waals surface area (Å²) in [6.45, 7) is 13.9. The summed E-state index contributed by atoms with van der Waals surface area (Å²) >= 11 is 0. The Morgan fingerprint density at radius 1 is 0.684 bits per heavy atom. The minimum Gasteiger partial charge on any atom is -0.322 e. The summed E-state index contributed by atoms with van der Waals surface area (Å²) in [5.74, 6) is 0. The Bertz CT molecular complexity index is 174. The first-order chi connectivity index (χ1) is 9.04. The molecule has 0 atom stereocenters. The van der Waals surface area contributed by atoms with E-state index in [0.717, 1.165) is 17.6 Å². The molecule has 1 heteroatoms. The van der Waals surface area contributed by atoms with E-state index < -0.39 is 0 Å². The predicted molar refractivity (Wildman–Crippen MR) is 90.5 cm³/mol. The molecule has 0 bridgehead atoms. The lowest BCUT2D eigenvalue weighted by Crippen LogP contribution is -2.39. The maximum atomic E-state index is 3.68. The second-order valence-electron chi connectivity index (χ2n) is 6.00. The number of unbranched alkanes of at least 4 members (excludes halogenated alkanes) is 7. The molecule has 0 aromatic rings. The maximum absolute atomic E-state index is 3.68. The number of quaternary nitrogens is 1. The molecule has 0 unspecified atom stereocenters. The lowest BCUT2D eigenvalue weighted by Gasteiger charge is -2.26. The summed E-state index contributed by atoms with van der Waals surface area (Å²) in [4.78, 5) is 0. The Morgan fingerprint density at radius 2 is 1.00 bits per heavy atom. The highest BCUT2D eigenvalue weighted by molar-refractivity contribution is 4.69.